The van der Waals surface area contributed by atoms with Crippen LogP contribution in [0.2, 0.25) is 0 Å². The van der Waals surface area contributed by atoms with Gasteiger partial charge in [-0.2, -0.15) is 5.10 Å². The molecule has 114 valence electrons. The highest BCUT2D eigenvalue weighted by molar-refractivity contribution is 5.05. The second-order valence-electron chi connectivity index (χ2n) is 6.51. The fourth-order valence-corrected chi connectivity index (χ4v) is 3.61. The first-order valence-corrected chi connectivity index (χ1v) is 7.98. The van der Waals surface area contributed by atoms with Gasteiger partial charge in [-0.1, -0.05) is 26.2 Å². The normalized spacial score (nSPS) is 27.8. The van der Waals surface area contributed by atoms with Crippen LogP contribution in [0, 0.1) is 5.92 Å². The highest BCUT2D eigenvalue weighted by Gasteiger charge is 2.35. The molecule has 0 aromatic carbocycles. The molecule has 2 rings (SSSR count). The molecular formula is C16H30N4. The molecule has 1 saturated carbocycles. The summed E-state index contributed by atoms with van der Waals surface area (Å²) >= 11 is 0. The largest absolute Gasteiger partial charge is 0.329 e. The van der Waals surface area contributed by atoms with Crippen molar-refractivity contribution < 1.29 is 0 Å². The van der Waals surface area contributed by atoms with Gasteiger partial charge in [-0.15, -0.1) is 0 Å². The fraction of sp³-hybridized carbons (Fsp3) is 0.812. The van der Waals surface area contributed by atoms with E-state index in [4.69, 9.17) is 5.73 Å². The van der Waals surface area contributed by atoms with E-state index in [0.29, 0.717) is 0 Å². The number of nitrogens with zero attached hydrogens (tertiary/aromatic N) is 3. The molecule has 1 aromatic heterocycles. The Morgan fingerprint density at radius 3 is 2.85 bits per heavy atom. The van der Waals surface area contributed by atoms with Gasteiger partial charge in [-0.05, 0) is 32.2 Å². The summed E-state index contributed by atoms with van der Waals surface area (Å²) in [6, 6.07) is 0. The Morgan fingerprint density at radius 1 is 1.45 bits per heavy atom. The number of hydrogen-bond acceptors (Lipinski definition) is 3. The zero-order valence-corrected chi connectivity index (χ0v) is 13.3. The van der Waals surface area contributed by atoms with Crippen molar-refractivity contribution in [1.29, 1.82) is 0 Å². The molecule has 0 bridgehead atoms. The average Bonchev–Trinajstić information content (AvgIpc) is 2.74. The van der Waals surface area contributed by atoms with Crippen molar-refractivity contribution in [3.8, 4) is 0 Å². The van der Waals surface area contributed by atoms with Gasteiger partial charge in [0.2, 0.25) is 0 Å². The second kappa shape index (κ2) is 6.72. The molecular weight excluding hydrogens is 248 g/mol. The molecule has 1 aliphatic rings. The topological polar surface area (TPSA) is 47.1 Å². The number of rotatable bonds is 5. The molecule has 2 atom stereocenters. The highest BCUT2D eigenvalue weighted by Crippen LogP contribution is 2.35. The van der Waals surface area contributed by atoms with Gasteiger partial charge in [0.1, 0.15) is 0 Å². The summed E-state index contributed by atoms with van der Waals surface area (Å²) in [6.07, 6.45) is 11.9. The molecule has 4 heteroatoms. The van der Waals surface area contributed by atoms with Gasteiger partial charge in [0, 0.05) is 37.4 Å². The van der Waals surface area contributed by atoms with Crippen molar-refractivity contribution in [3.05, 3.63) is 18.0 Å². The van der Waals surface area contributed by atoms with Crippen LogP contribution in [0.4, 0.5) is 0 Å². The van der Waals surface area contributed by atoms with Crippen LogP contribution in [-0.2, 0) is 13.6 Å². The molecule has 1 aromatic rings. The fourth-order valence-electron chi connectivity index (χ4n) is 3.61. The Morgan fingerprint density at radius 2 is 2.25 bits per heavy atom. The van der Waals surface area contributed by atoms with Crippen molar-refractivity contribution in [2.75, 3.05) is 13.6 Å². The van der Waals surface area contributed by atoms with Crippen molar-refractivity contribution in [2.45, 2.75) is 57.5 Å². The third kappa shape index (κ3) is 3.41. The summed E-state index contributed by atoms with van der Waals surface area (Å²) in [5, 5.41) is 4.27. The smallest absolute Gasteiger partial charge is 0.0534 e. The van der Waals surface area contributed by atoms with Gasteiger partial charge in [-0.3, -0.25) is 9.58 Å². The minimum Gasteiger partial charge on any atom is -0.329 e. The van der Waals surface area contributed by atoms with Crippen molar-refractivity contribution in [1.82, 2.24) is 14.7 Å². The van der Waals surface area contributed by atoms with E-state index in [1.165, 1.54) is 44.1 Å². The zero-order chi connectivity index (χ0) is 14.6. The van der Waals surface area contributed by atoms with Crippen LogP contribution in [0.3, 0.4) is 0 Å². The first-order chi connectivity index (χ1) is 9.59. The molecule has 1 fully saturated rings. The lowest BCUT2D eigenvalue weighted by molar-refractivity contribution is 0.0983. The maximum Gasteiger partial charge on any atom is 0.0534 e. The lowest BCUT2D eigenvalue weighted by Gasteiger charge is -2.41. The van der Waals surface area contributed by atoms with E-state index in [9.17, 15) is 0 Å². The van der Waals surface area contributed by atoms with Crippen molar-refractivity contribution >= 4 is 0 Å². The Bertz CT molecular complexity index is 414. The molecule has 20 heavy (non-hydrogen) atoms. The number of nitrogens with two attached hydrogens (primary N) is 1. The highest BCUT2D eigenvalue weighted by atomic mass is 15.2. The van der Waals surface area contributed by atoms with Crippen molar-refractivity contribution in [3.63, 3.8) is 0 Å². The van der Waals surface area contributed by atoms with Gasteiger partial charge in [0.15, 0.2) is 0 Å². The van der Waals surface area contributed by atoms with Crippen molar-refractivity contribution in [2.24, 2.45) is 18.7 Å². The number of aromatic nitrogens is 2. The average molecular weight is 278 g/mol. The number of hydrogen-bond donors (Lipinski definition) is 1. The Balaban J connectivity index is 2.05. The van der Waals surface area contributed by atoms with Crippen LogP contribution in [0.5, 0.6) is 0 Å². The molecule has 0 amide bonds. The summed E-state index contributed by atoms with van der Waals surface area (Å²) in [5.41, 5.74) is 7.65. The second-order valence-corrected chi connectivity index (χ2v) is 6.51. The number of aryl methyl sites for hydroxylation is 1. The number of likely N-dealkylation sites (N-methyl/N-ethyl adjacent to an activating group) is 1. The summed E-state index contributed by atoms with van der Waals surface area (Å²) in [4.78, 5) is 2.47. The van der Waals surface area contributed by atoms with Crippen LogP contribution < -0.4 is 5.73 Å². The maximum absolute atomic E-state index is 6.19. The molecule has 2 N–H and O–H groups in total. The predicted octanol–water partition coefficient (Wildman–Crippen LogP) is 2.54. The van der Waals surface area contributed by atoms with E-state index in [0.717, 1.165) is 19.0 Å². The van der Waals surface area contributed by atoms with Gasteiger partial charge >= 0.3 is 0 Å². The minimum absolute atomic E-state index is 0.180. The molecule has 0 spiro atoms. The molecule has 0 radical (unpaired) electrons. The Kier molecular flexibility index (Phi) is 5.22. The van der Waals surface area contributed by atoms with Crippen LogP contribution in [0.25, 0.3) is 0 Å². The van der Waals surface area contributed by atoms with Gasteiger partial charge in [0.05, 0.1) is 6.20 Å². The van der Waals surface area contributed by atoms with Crippen LogP contribution in [0.15, 0.2) is 12.4 Å². The molecule has 1 heterocycles. The van der Waals surface area contributed by atoms with E-state index in [1.54, 1.807) is 0 Å². The predicted molar refractivity (Wildman–Crippen MR) is 83.3 cm³/mol. The molecule has 0 aliphatic heterocycles. The van der Waals surface area contributed by atoms with Gasteiger partial charge in [-0.25, -0.2) is 0 Å². The van der Waals surface area contributed by atoms with E-state index in [-0.39, 0.29) is 5.54 Å². The first kappa shape index (κ1) is 15.5. The Labute approximate surface area is 123 Å². The summed E-state index contributed by atoms with van der Waals surface area (Å²) in [5.74, 6) is 0.898. The lowest BCUT2D eigenvalue weighted by Crippen LogP contribution is -2.51. The standard InChI is InChI=1S/C16H30N4/c1-4-14-6-5-8-16(13-17,9-7-14)19(2)11-15-10-18-20(3)12-15/h10,12,14H,4-9,11,13,17H2,1-3H3. The zero-order valence-electron chi connectivity index (χ0n) is 13.3. The molecule has 0 saturated heterocycles. The quantitative estimate of drug-likeness (QED) is 0.842. The molecule has 1 aliphatic carbocycles. The van der Waals surface area contributed by atoms with Crippen LogP contribution in [0.1, 0.15) is 51.0 Å². The van der Waals surface area contributed by atoms with E-state index < -0.39 is 0 Å². The molecule has 4 nitrogen and oxygen atoms in total. The Hall–Kier alpha value is -0.870. The van der Waals surface area contributed by atoms with Crippen LogP contribution in [-0.4, -0.2) is 33.8 Å². The summed E-state index contributed by atoms with van der Waals surface area (Å²) in [6.45, 7) is 4.03. The maximum atomic E-state index is 6.19. The first-order valence-electron chi connectivity index (χ1n) is 7.98. The van der Waals surface area contributed by atoms with Gasteiger partial charge < -0.3 is 5.73 Å². The summed E-state index contributed by atoms with van der Waals surface area (Å²) < 4.78 is 1.87. The minimum atomic E-state index is 0.180. The monoisotopic (exact) mass is 278 g/mol. The van der Waals surface area contributed by atoms with E-state index in [1.807, 2.05) is 17.9 Å². The summed E-state index contributed by atoms with van der Waals surface area (Å²) in [7, 11) is 4.20. The SMILES string of the molecule is CCC1CCCC(CN)(N(C)Cc2cnn(C)c2)CC1. The van der Waals surface area contributed by atoms with E-state index >= 15 is 0 Å². The van der Waals surface area contributed by atoms with Crippen LogP contribution >= 0.6 is 0 Å². The molecule has 2 unspecified atom stereocenters. The third-order valence-electron chi connectivity index (χ3n) is 5.22. The lowest BCUT2D eigenvalue weighted by atomic mass is 9.87. The van der Waals surface area contributed by atoms with Gasteiger partial charge in [0.25, 0.3) is 0 Å². The van der Waals surface area contributed by atoms with E-state index in [2.05, 4.69) is 30.2 Å². The third-order valence-corrected chi connectivity index (χ3v) is 5.22.